The lowest BCUT2D eigenvalue weighted by atomic mass is 9.79. The smallest absolute Gasteiger partial charge is 0.443 e. The molecule has 1 aliphatic rings. The fourth-order valence-electron chi connectivity index (χ4n) is 2.68. The molecule has 1 saturated heterocycles. The number of alkyl halides is 2. The van der Waals surface area contributed by atoms with E-state index in [2.05, 4.69) is 9.97 Å². The summed E-state index contributed by atoms with van der Waals surface area (Å²) in [4.78, 5) is 33.7. The minimum atomic E-state index is -3.07. The van der Waals surface area contributed by atoms with Gasteiger partial charge in [-0.05, 0) is 69.2 Å². The van der Waals surface area contributed by atoms with E-state index in [9.17, 15) is 18.4 Å². The van der Waals surface area contributed by atoms with Crippen LogP contribution in [0, 0.1) is 0 Å². The van der Waals surface area contributed by atoms with Crippen molar-refractivity contribution in [3.05, 3.63) is 11.9 Å². The van der Waals surface area contributed by atoms with Gasteiger partial charge in [-0.25, -0.2) is 28.3 Å². The molecule has 9 nitrogen and oxygen atoms in total. The van der Waals surface area contributed by atoms with Crippen LogP contribution in [-0.2, 0) is 18.8 Å². The van der Waals surface area contributed by atoms with E-state index in [1.807, 2.05) is 0 Å². The van der Waals surface area contributed by atoms with E-state index < -0.39 is 59.8 Å². The van der Waals surface area contributed by atoms with Gasteiger partial charge in [0.05, 0.1) is 11.2 Å². The van der Waals surface area contributed by atoms with E-state index in [1.54, 1.807) is 69.2 Å². The number of nitrogens with zero attached hydrogens (tertiary/aromatic N) is 3. The van der Waals surface area contributed by atoms with Gasteiger partial charge in [-0.3, -0.25) is 0 Å². The average Bonchev–Trinajstić information content (AvgIpc) is 2.79. The third kappa shape index (κ3) is 6.38. The molecule has 2 heterocycles. The van der Waals surface area contributed by atoms with Crippen LogP contribution in [0.3, 0.4) is 0 Å². The third-order valence-electron chi connectivity index (χ3n) is 4.90. The number of hydrogen-bond donors (Lipinski definition) is 0. The summed E-state index contributed by atoms with van der Waals surface area (Å²) >= 11 is 0. The first-order valence-electron chi connectivity index (χ1n) is 10.5. The molecule has 0 N–H and O–H groups in total. The monoisotopic (exact) mass is 471 g/mol. The Hall–Kier alpha value is -2.34. The Labute approximate surface area is 193 Å². The molecule has 33 heavy (non-hydrogen) atoms. The fourth-order valence-corrected chi connectivity index (χ4v) is 2.68. The van der Waals surface area contributed by atoms with E-state index in [-0.39, 0.29) is 5.46 Å². The molecule has 0 saturated carbocycles. The molecule has 0 unspecified atom stereocenters. The molecule has 2 rings (SSSR count). The highest BCUT2D eigenvalue weighted by Gasteiger charge is 2.53. The number of ether oxygens (including phenoxy) is 2. The molecule has 184 valence electrons. The first-order valence-corrected chi connectivity index (χ1v) is 10.5. The van der Waals surface area contributed by atoms with Crippen LogP contribution in [-0.4, -0.2) is 51.7 Å². The Bertz CT molecular complexity index is 868. The largest absolute Gasteiger partial charge is 0.498 e. The van der Waals surface area contributed by atoms with Crippen LogP contribution < -0.4 is 10.4 Å². The molecule has 2 amide bonds. The standard InChI is InChI=1S/C21H32BF2N3O6/c1-18(2,3)30-16(28)27(17(29)31-19(4,5)6)15-25-11-12(13(26-15)14(23)24)22-32-20(7,8)21(9,10)33-22/h11,14H,1-10H3. The lowest BCUT2D eigenvalue weighted by molar-refractivity contribution is 0.00578. The van der Waals surface area contributed by atoms with Crippen LogP contribution >= 0.6 is 0 Å². The molecular formula is C21H32BF2N3O6. The fraction of sp³-hybridized carbons (Fsp3) is 0.714. The van der Waals surface area contributed by atoms with Crippen molar-refractivity contribution < 1.29 is 37.2 Å². The Balaban J connectivity index is 2.53. The van der Waals surface area contributed by atoms with Gasteiger partial charge in [-0.1, -0.05) is 0 Å². The number of imide groups is 1. The van der Waals surface area contributed by atoms with Crippen LogP contribution in [0.15, 0.2) is 6.20 Å². The Morgan fingerprint density at radius 3 is 1.76 bits per heavy atom. The quantitative estimate of drug-likeness (QED) is 0.599. The Morgan fingerprint density at radius 2 is 1.39 bits per heavy atom. The van der Waals surface area contributed by atoms with Crippen molar-refractivity contribution in [2.24, 2.45) is 0 Å². The number of anilines is 1. The second-order valence-electron chi connectivity index (χ2n) is 10.7. The van der Waals surface area contributed by atoms with Crippen LogP contribution in [0.25, 0.3) is 0 Å². The minimum absolute atomic E-state index is 0.110. The van der Waals surface area contributed by atoms with E-state index in [4.69, 9.17) is 18.8 Å². The number of carbonyl (C=O) groups is 2. The average molecular weight is 471 g/mol. The first-order chi connectivity index (χ1) is 14.7. The van der Waals surface area contributed by atoms with Crippen LogP contribution in [0.4, 0.5) is 24.3 Å². The summed E-state index contributed by atoms with van der Waals surface area (Å²) in [6.45, 7) is 16.6. The maximum atomic E-state index is 14.0. The van der Waals surface area contributed by atoms with Gasteiger partial charge in [-0.15, -0.1) is 4.90 Å². The zero-order valence-electron chi connectivity index (χ0n) is 20.8. The topological polar surface area (TPSA) is 100 Å². The molecule has 0 aromatic carbocycles. The van der Waals surface area contributed by atoms with E-state index in [0.29, 0.717) is 4.90 Å². The molecular weight excluding hydrogens is 439 g/mol. The number of halogens is 2. The predicted octanol–water partition coefficient (Wildman–Crippen LogP) is 4.39. The zero-order valence-corrected chi connectivity index (χ0v) is 20.8. The minimum Gasteiger partial charge on any atom is -0.443 e. The number of rotatable bonds is 3. The van der Waals surface area contributed by atoms with E-state index in [1.165, 1.54) is 0 Å². The van der Waals surface area contributed by atoms with Gasteiger partial charge in [0.15, 0.2) is 0 Å². The van der Waals surface area contributed by atoms with E-state index in [0.717, 1.165) is 6.20 Å². The van der Waals surface area contributed by atoms with Gasteiger partial charge >= 0.3 is 19.3 Å². The lowest BCUT2D eigenvalue weighted by Crippen LogP contribution is -2.45. The first kappa shape index (κ1) is 26.9. The summed E-state index contributed by atoms with van der Waals surface area (Å²) in [6.07, 6.45) is -4.35. The normalized spacial score (nSPS) is 17.8. The number of amides is 2. The SMILES string of the molecule is CC(C)(C)OC(=O)N(C(=O)OC(C)(C)C)c1ncc(B2OC(C)(C)C(C)(C)O2)c(C(F)F)n1. The highest BCUT2D eigenvalue weighted by atomic mass is 19.3. The Kier molecular flexibility index (Phi) is 7.17. The Morgan fingerprint density at radius 1 is 0.970 bits per heavy atom. The van der Waals surface area contributed by atoms with Crippen molar-refractivity contribution in [2.45, 2.75) is 98.1 Å². The van der Waals surface area contributed by atoms with Gasteiger partial charge < -0.3 is 18.8 Å². The van der Waals surface area contributed by atoms with Crippen molar-refractivity contribution in [2.75, 3.05) is 4.90 Å². The third-order valence-corrected chi connectivity index (χ3v) is 4.90. The predicted molar refractivity (Wildman–Crippen MR) is 118 cm³/mol. The molecule has 0 radical (unpaired) electrons. The number of hydrogen-bond acceptors (Lipinski definition) is 8. The highest BCUT2D eigenvalue weighted by molar-refractivity contribution is 6.62. The van der Waals surface area contributed by atoms with Crippen LogP contribution in [0.1, 0.15) is 81.4 Å². The van der Waals surface area contributed by atoms with Gasteiger partial charge in [0.25, 0.3) is 6.43 Å². The molecule has 0 spiro atoms. The van der Waals surface area contributed by atoms with Crippen molar-refractivity contribution in [1.29, 1.82) is 0 Å². The van der Waals surface area contributed by atoms with Crippen molar-refractivity contribution >= 4 is 30.7 Å². The van der Waals surface area contributed by atoms with Crippen molar-refractivity contribution in [3.63, 3.8) is 0 Å². The van der Waals surface area contributed by atoms with Crippen molar-refractivity contribution in [1.82, 2.24) is 9.97 Å². The molecule has 12 heteroatoms. The van der Waals surface area contributed by atoms with Crippen LogP contribution in [0.2, 0.25) is 0 Å². The van der Waals surface area contributed by atoms with Crippen LogP contribution in [0.5, 0.6) is 0 Å². The molecule has 1 fully saturated rings. The second-order valence-corrected chi connectivity index (χ2v) is 10.7. The van der Waals surface area contributed by atoms with Gasteiger partial charge in [0, 0.05) is 11.7 Å². The maximum Gasteiger partial charge on any atom is 0.498 e. The summed E-state index contributed by atoms with van der Waals surface area (Å²) in [6, 6.07) is 0. The molecule has 0 atom stereocenters. The van der Waals surface area contributed by atoms with Gasteiger partial charge in [-0.2, -0.15) is 0 Å². The second kappa shape index (κ2) is 8.79. The molecule has 1 aliphatic heterocycles. The highest BCUT2D eigenvalue weighted by Crippen LogP contribution is 2.37. The molecule has 0 aliphatic carbocycles. The summed E-state index contributed by atoms with van der Waals surface area (Å²) in [7, 11) is -1.16. The van der Waals surface area contributed by atoms with Gasteiger partial charge in [0.2, 0.25) is 5.95 Å². The summed E-state index contributed by atoms with van der Waals surface area (Å²) in [5.74, 6) is -0.617. The zero-order chi connectivity index (χ0) is 25.6. The number of aromatic nitrogens is 2. The van der Waals surface area contributed by atoms with Gasteiger partial charge in [0.1, 0.15) is 16.9 Å². The molecule has 1 aromatic rings. The maximum absolute atomic E-state index is 14.0. The lowest BCUT2D eigenvalue weighted by Gasteiger charge is -2.32. The van der Waals surface area contributed by atoms with E-state index >= 15 is 0 Å². The molecule has 0 bridgehead atoms. The molecule has 1 aromatic heterocycles. The van der Waals surface area contributed by atoms with Crippen molar-refractivity contribution in [3.8, 4) is 0 Å². The summed E-state index contributed by atoms with van der Waals surface area (Å²) in [5.41, 5.74) is -4.38. The summed E-state index contributed by atoms with van der Waals surface area (Å²) in [5, 5.41) is 0. The number of carbonyl (C=O) groups excluding carboxylic acids is 2. The summed E-state index contributed by atoms with van der Waals surface area (Å²) < 4.78 is 50.2.